The van der Waals surface area contributed by atoms with Crippen molar-refractivity contribution in [3.63, 3.8) is 0 Å². The maximum absolute atomic E-state index is 12.6. The van der Waals surface area contributed by atoms with Crippen LogP contribution in [0, 0.1) is 0 Å². The summed E-state index contributed by atoms with van der Waals surface area (Å²) in [7, 11) is 0. The van der Waals surface area contributed by atoms with Gasteiger partial charge in [0, 0.05) is 19.3 Å². The smallest absolute Gasteiger partial charge is 0.289 e. The van der Waals surface area contributed by atoms with Crippen LogP contribution in [0.1, 0.15) is 23.0 Å². The largest absolute Gasteiger partial charge is 0.459 e. The number of nitrogens with zero attached hydrogens (tertiary/aromatic N) is 4. The first kappa shape index (κ1) is 15.3. The van der Waals surface area contributed by atoms with Gasteiger partial charge in [0.15, 0.2) is 17.2 Å². The Kier molecular flexibility index (Phi) is 3.60. The fraction of sp³-hybridized carbons (Fsp3) is 0.211. The summed E-state index contributed by atoms with van der Waals surface area (Å²) in [5, 5.41) is 2.05. The highest BCUT2D eigenvalue weighted by Gasteiger charge is 2.32. The Morgan fingerprint density at radius 2 is 2.19 bits per heavy atom. The van der Waals surface area contributed by atoms with Gasteiger partial charge in [-0.2, -0.15) is 0 Å². The summed E-state index contributed by atoms with van der Waals surface area (Å²) < 4.78 is 7.46. The van der Waals surface area contributed by atoms with Crippen molar-refractivity contribution in [3.8, 4) is 10.7 Å². The number of aromatic nitrogens is 3. The Labute approximate surface area is 153 Å². The van der Waals surface area contributed by atoms with Crippen LogP contribution in [0.3, 0.4) is 0 Å². The third-order valence-corrected chi connectivity index (χ3v) is 5.60. The summed E-state index contributed by atoms with van der Waals surface area (Å²) in [6.07, 6.45) is 4.19. The summed E-state index contributed by atoms with van der Waals surface area (Å²) in [5.41, 5.74) is 1.75. The predicted molar refractivity (Wildman–Crippen MR) is 99.1 cm³/mol. The molecule has 1 unspecified atom stereocenters. The van der Waals surface area contributed by atoms with Gasteiger partial charge >= 0.3 is 0 Å². The molecule has 0 radical (unpaired) electrons. The van der Waals surface area contributed by atoms with E-state index in [2.05, 4.69) is 15.6 Å². The summed E-state index contributed by atoms with van der Waals surface area (Å²) in [5.74, 6) is 1.25. The SMILES string of the molecule is O=C(c1ccco1)N1CCC(n2c(-c3cccs3)nc3cccnc32)C1. The van der Waals surface area contributed by atoms with Crippen molar-refractivity contribution in [1.82, 2.24) is 19.4 Å². The molecule has 4 aromatic heterocycles. The Bertz CT molecular complexity index is 1050. The predicted octanol–water partition coefficient (Wildman–Crippen LogP) is 3.84. The Morgan fingerprint density at radius 3 is 3.00 bits per heavy atom. The molecule has 1 aliphatic rings. The van der Waals surface area contributed by atoms with E-state index in [1.54, 1.807) is 29.7 Å². The Balaban J connectivity index is 1.53. The molecule has 0 aliphatic carbocycles. The van der Waals surface area contributed by atoms with Crippen molar-refractivity contribution in [2.24, 2.45) is 0 Å². The maximum atomic E-state index is 12.6. The summed E-state index contributed by atoms with van der Waals surface area (Å²) >= 11 is 1.66. The zero-order valence-electron chi connectivity index (χ0n) is 13.9. The number of fused-ring (bicyclic) bond motifs is 1. The molecule has 1 fully saturated rings. The normalized spacial score (nSPS) is 17.2. The van der Waals surface area contributed by atoms with Crippen LogP contribution in [0.4, 0.5) is 0 Å². The minimum Gasteiger partial charge on any atom is -0.459 e. The topological polar surface area (TPSA) is 64.2 Å². The van der Waals surface area contributed by atoms with Gasteiger partial charge in [0.1, 0.15) is 5.52 Å². The summed E-state index contributed by atoms with van der Waals surface area (Å²) in [6, 6.07) is 11.6. The van der Waals surface area contributed by atoms with Crippen molar-refractivity contribution >= 4 is 28.4 Å². The van der Waals surface area contributed by atoms with Crippen LogP contribution in [0.25, 0.3) is 21.9 Å². The zero-order chi connectivity index (χ0) is 17.5. The van der Waals surface area contributed by atoms with E-state index in [0.717, 1.165) is 28.3 Å². The second-order valence-corrected chi connectivity index (χ2v) is 7.25. The number of hydrogen-bond acceptors (Lipinski definition) is 5. The minimum absolute atomic E-state index is 0.0625. The molecular formula is C19H16N4O2S. The fourth-order valence-electron chi connectivity index (χ4n) is 3.55. The highest BCUT2D eigenvalue weighted by molar-refractivity contribution is 7.13. The van der Waals surface area contributed by atoms with Crippen molar-refractivity contribution in [2.45, 2.75) is 12.5 Å². The molecule has 7 heteroatoms. The van der Waals surface area contributed by atoms with Crippen LogP contribution in [-0.4, -0.2) is 38.4 Å². The molecule has 0 N–H and O–H groups in total. The van der Waals surface area contributed by atoms with Crippen LogP contribution in [0.15, 0.2) is 58.7 Å². The molecule has 26 heavy (non-hydrogen) atoms. The number of rotatable bonds is 3. The molecule has 0 spiro atoms. The minimum atomic E-state index is -0.0625. The molecule has 6 nitrogen and oxygen atoms in total. The lowest BCUT2D eigenvalue weighted by Crippen LogP contribution is -2.28. The van der Waals surface area contributed by atoms with Gasteiger partial charge in [0.2, 0.25) is 0 Å². The molecular weight excluding hydrogens is 348 g/mol. The first-order valence-electron chi connectivity index (χ1n) is 8.51. The Morgan fingerprint density at radius 1 is 1.23 bits per heavy atom. The molecule has 1 atom stereocenters. The first-order chi connectivity index (χ1) is 12.8. The second-order valence-electron chi connectivity index (χ2n) is 6.30. The van der Waals surface area contributed by atoms with E-state index >= 15 is 0 Å². The highest BCUT2D eigenvalue weighted by Crippen LogP contribution is 2.34. The van der Waals surface area contributed by atoms with E-state index < -0.39 is 0 Å². The van der Waals surface area contributed by atoms with Gasteiger partial charge in [-0.1, -0.05) is 6.07 Å². The fourth-order valence-corrected chi connectivity index (χ4v) is 4.26. The number of likely N-dealkylation sites (tertiary alicyclic amines) is 1. The van der Waals surface area contributed by atoms with Crippen molar-refractivity contribution in [2.75, 3.05) is 13.1 Å². The van der Waals surface area contributed by atoms with Crippen LogP contribution >= 0.6 is 11.3 Å². The van der Waals surface area contributed by atoms with E-state index in [0.29, 0.717) is 18.8 Å². The summed E-state index contributed by atoms with van der Waals surface area (Å²) in [6.45, 7) is 1.32. The number of imidazole rings is 1. The third-order valence-electron chi connectivity index (χ3n) is 4.74. The zero-order valence-corrected chi connectivity index (χ0v) is 14.7. The van der Waals surface area contributed by atoms with Crippen molar-refractivity contribution in [3.05, 3.63) is 60.0 Å². The molecule has 0 aromatic carbocycles. The molecule has 1 amide bonds. The molecule has 0 saturated carbocycles. The molecule has 5 heterocycles. The van der Waals surface area contributed by atoms with Gasteiger partial charge in [-0.15, -0.1) is 11.3 Å². The van der Waals surface area contributed by atoms with Crippen LogP contribution in [0.5, 0.6) is 0 Å². The second kappa shape index (κ2) is 6.10. The number of carbonyl (C=O) groups is 1. The molecule has 130 valence electrons. The quantitative estimate of drug-likeness (QED) is 0.554. The molecule has 5 rings (SSSR count). The Hall–Kier alpha value is -2.93. The number of amides is 1. The number of carbonyl (C=O) groups excluding carboxylic acids is 1. The number of hydrogen-bond donors (Lipinski definition) is 0. The highest BCUT2D eigenvalue weighted by atomic mass is 32.1. The lowest BCUT2D eigenvalue weighted by molar-refractivity contribution is 0.0756. The van der Waals surface area contributed by atoms with E-state index in [1.807, 2.05) is 28.5 Å². The number of pyridine rings is 1. The number of furan rings is 1. The van der Waals surface area contributed by atoms with Gasteiger partial charge in [-0.3, -0.25) is 4.79 Å². The van der Waals surface area contributed by atoms with Gasteiger partial charge in [-0.25, -0.2) is 9.97 Å². The van der Waals surface area contributed by atoms with E-state index in [-0.39, 0.29) is 11.9 Å². The van der Waals surface area contributed by atoms with Gasteiger partial charge < -0.3 is 13.9 Å². The van der Waals surface area contributed by atoms with E-state index in [1.165, 1.54) is 6.26 Å². The van der Waals surface area contributed by atoms with E-state index in [4.69, 9.17) is 9.40 Å². The molecule has 4 aromatic rings. The maximum Gasteiger partial charge on any atom is 0.289 e. The lowest BCUT2D eigenvalue weighted by Gasteiger charge is -2.17. The molecule has 1 aliphatic heterocycles. The van der Waals surface area contributed by atoms with Crippen molar-refractivity contribution in [1.29, 1.82) is 0 Å². The standard InChI is InChI=1S/C19H16N4O2S/c24-19(15-5-2-10-25-15)22-9-7-13(12-22)23-17-14(4-1-8-20-17)21-18(23)16-6-3-11-26-16/h1-6,8,10-11,13H,7,9,12H2. The molecule has 1 saturated heterocycles. The van der Waals surface area contributed by atoms with Crippen LogP contribution in [-0.2, 0) is 0 Å². The first-order valence-corrected chi connectivity index (χ1v) is 9.39. The van der Waals surface area contributed by atoms with Crippen molar-refractivity contribution < 1.29 is 9.21 Å². The average Bonchev–Trinajstić information content (AvgIpc) is 3.47. The van der Waals surface area contributed by atoms with Crippen LogP contribution < -0.4 is 0 Å². The van der Waals surface area contributed by atoms with Crippen LogP contribution in [0.2, 0.25) is 0 Å². The third kappa shape index (κ3) is 2.43. The molecule has 0 bridgehead atoms. The average molecular weight is 364 g/mol. The number of thiophene rings is 1. The van der Waals surface area contributed by atoms with E-state index in [9.17, 15) is 4.79 Å². The summed E-state index contributed by atoms with van der Waals surface area (Å²) in [4.78, 5) is 24.9. The van der Waals surface area contributed by atoms with Gasteiger partial charge in [0.25, 0.3) is 5.91 Å². The van der Waals surface area contributed by atoms with Gasteiger partial charge in [-0.05, 0) is 42.1 Å². The lowest BCUT2D eigenvalue weighted by atomic mass is 10.2. The monoisotopic (exact) mass is 364 g/mol. The van der Waals surface area contributed by atoms with Gasteiger partial charge in [0.05, 0.1) is 17.2 Å².